The van der Waals surface area contributed by atoms with E-state index in [9.17, 15) is 24.0 Å². The third-order valence-corrected chi connectivity index (χ3v) is 3.81. The van der Waals surface area contributed by atoms with Crippen molar-refractivity contribution >= 4 is 34.7 Å². The van der Waals surface area contributed by atoms with Gasteiger partial charge in [-0.2, -0.15) is 0 Å². The van der Waals surface area contributed by atoms with Crippen LogP contribution in [0.1, 0.15) is 30.8 Å². The van der Waals surface area contributed by atoms with Crippen LogP contribution in [0.4, 0.5) is 5.69 Å². The van der Waals surface area contributed by atoms with Crippen molar-refractivity contribution in [3.63, 3.8) is 0 Å². The highest BCUT2D eigenvalue weighted by Crippen LogP contribution is 2.08. The average Bonchev–Trinajstić information content (AvgIpc) is 3.11. The van der Waals surface area contributed by atoms with Crippen LogP contribution in [-0.2, 0) is 0 Å². The second-order valence-corrected chi connectivity index (χ2v) is 5.68. The van der Waals surface area contributed by atoms with Crippen molar-refractivity contribution < 1.29 is 14.4 Å². The lowest BCUT2D eigenvalue weighted by molar-refractivity contribution is 0.0944. The Morgan fingerprint density at radius 2 is 1.74 bits per heavy atom. The second-order valence-electron chi connectivity index (χ2n) is 4.82. The molecule has 0 aliphatic carbocycles. The summed E-state index contributed by atoms with van der Waals surface area (Å²) in [5.41, 5.74) is 7.97. The SMILES string of the molecule is NC(=O)c1nc(C(=O)NCC#CCNC(=O)c2[nH]c(=O)[nH]c(=O)c2N)cs1. The molecule has 2 aromatic rings. The molecule has 0 aliphatic rings. The molecule has 140 valence electrons. The van der Waals surface area contributed by atoms with Crippen LogP contribution in [0, 0.1) is 11.8 Å². The minimum absolute atomic E-state index is 0.0195. The molecule has 0 radical (unpaired) electrons. The van der Waals surface area contributed by atoms with Gasteiger partial charge < -0.3 is 27.1 Å². The normalized spacial score (nSPS) is 9.78. The van der Waals surface area contributed by atoms with Gasteiger partial charge in [-0.1, -0.05) is 11.8 Å². The molecule has 2 aromatic heterocycles. The molecule has 0 bridgehead atoms. The zero-order chi connectivity index (χ0) is 20.0. The zero-order valence-corrected chi connectivity index (χ0v) is 14.4. The van der Waals surface area contributed by atoms with Crippen molar-refractivity contribution in [1.82, 2.24) is 25.6 Å². The Labute approximate surface area is 154 Å². The van der Waals surface area contributed by atoms with Gasteiger partial charge in [0.2, 0.25) is 0 Å². The number of hydrogen-bond acceptors (Lipinski definition) is 8. The van der Waals surface area contributed by atoms with Gasteiger partial charge in [-0.05, 0) is 0 Å². The van der Waals surface area contributed by atoms with E-state index in [0.29, 0.717) is 0 Å². The van der Waals surface area contributed by atoms with Crippen LogP contribution in [0.25, 0.3) is 0 Å². The van der Waals surface area contributed by atoms with Crippen molar-refractivity contribution in [1.29, 1.82) is 0 Å². The van der Waals surface area contributed by atoms with Gasteiger partial charge in [0.25, 0.3) is 23.3 Å². The van der Waals surface area contributed by atoms with Crippen molar-refractivity contribution in [3.05, 3.63) is 42.6 Å². The Balaban J connectivity index is 1.83. The summed E-state index contributed by atoms with van der Waals surface area (Å²) in [5.74, 6) is 3.09. The van der Waals surface area contributed by atoms with Gasteiger partial charge in [-0.25, -0.2) is 9.78 Å². The largest absolute Gasteiger partial charge is 0.392 e. The van der Waals surface area contributed by atoms with E-state index >= 15 is 0 Å². The van der Waals surface area contributed by atoms with E-state index < -0.39 is 34.7 Å². The number of aromatic nitrogens is 3. The minimum Gasteiger partial charge on any atom is -0.392 e. The van der Waals surface area contributed by atoms with Gasteiger partial charge in [0.1, 0.15) is 17.1 Å². The van der Waals surface area contributed by atoms with Crippen LogP contribution in [0.15, 0.2) is 15.0 Å². The smallest absolute Gasteiger partial charge is 0.326 e. The van der Waals surface area contributed by atoms with E-state index in [4.69, 9.17) is 11.5 Å². The topological polar surface area (TPSA) is 206 Å². The molecular weight excluding hydrogens is 378 g/mol. The number of carbonyl (C=O) groups is 3. The van der Waals surface area contributed by atoms with E-state index in [0.717, 1.165) is 11.3 Å². The summed E-state index contributed by atoms with van der Waals surface area (Å²) >= 11 is 0.948. The van der Waals surface area contributed by atoms with Crippen molar-refractivity contribution in [3.8, 4) is 11.8 Å². The summed E-state index contributed by atoms with van der Waals surface area (Å²) in [4.78, 5) is 64.8. The molecule has 0 saturated heterocycles. The number of rotatable bonds is 5. The number of hydrogen-bond donors (Lipinski definition) is 6. The number of nitrogens with one attached hydrogen (secondary N) is 4. The predicted molar refractivity (Wildman–Crippen MR) is 95.2 cm³/mol. The fraction of sp³-hybridized carbons (Fsp3) is 0.143. The number of aromatic amines is 2. The highest BCUT2D eigenvalue weighted by molar-refractivity contribution is 7.11. The van der Waals surface area contributed by atoms with Crippen LogP contribution in [0.3, 0.4) is 0 Å². The maximum absolute atomic E-state index is 11.9. The first-order valence-corrected chi connectivity index (χ1v) is 8.07. The molecule has 2 rings (SSSR count). The number of primary amides is 1. The minimum atomic E-state index is -0.876. The van der Waals surface area contributed by atoms with Crippen LogP contribution in [0.2, 0.25) is 0 Å². The molecule has 8 N–H and O–H groups in total. The van der Waals surface area contributed by atoms with E-state index in [1.807, 2.05) is 4.98 Å². The lowest BCUT2D eigenvalue weighted by Gasteiger charge is -2.03. The highest BCUT2D eigenvalue weighted by Gasteiger charge is 2.13. The molecule has 12 nitrogen and oxygen atoms in total. The number of amides is 3. The Kier molecular flexibility index (Phi) is 6.07. The Bertz CT molecular complexity index is 1070. The van der Waals surface area contributed by atoms with Gasteiger partial charge in [0.05, 0.1) is 13.1 Å². The summed E-state index contributed by atoms with van der Waals surface area (Å²) in [5, 5.41) is 6.19. The molecule has 13 heteroatoms. The predicted octanol–water partition coefficient (Wildman–Crippen LogP) is -2.64. The maximum Gasteiger partial charge on any atom is 0.326 e. The summed E-state index contributed by atoms with van der Waals surface area (Å²) in [6.45, 7) is -0.159. The molecule has 0 aliphatic heterocycles. The standard InChI is InChI=1S/C14H13N7O5S/c15-7-8(20-14(26)21-11(7)24)12(25)18-4-2-1-3-17-10(23)6-5-27-13(19-6)9(16)22/h5H,3-4,15H2,(H2,16,22)(H,17,23)(H,18,25)(H2,20,21,24,26). The monoisotopic (exact) mass is 391 g/mol. The summed E-state index contributed by atoms with van der Waals surface area (Å²) in [7, 11) is 0. The van der Waals surface area contributed by atoms with Crippen molar-refractivity contribution in [2.75, 3.05) is 18.8 Å². The lowest BCUT2D eigenvalue weighted by atomic mass is 10.3. The van der Waals surface area contributed by atoms with Crippen LogP contribution in [-0.4, -0.2) is 45.8 Å². The number of H-pyrrole nitrogens is 2. The van der Waals surface area contributed by atoms with Crippen LogP contribution in [0.5, 0.6) is 0 Å². The quantitative estimate of drug-likeness (QED) is 0.298. The van der Waals surface area contributed by atoms with Gasteiger partial charge in [-0.15, -0.1) is 11.3 Å². The average molecular weight is 391 g/mol. The van der Waals surface area contributed by atoms with Gasteiger partial charge in [0, 0.05) is 5.38 Å². The molecule has 0 atom stereocenters. The molecular formula is C14H13N7O5S. The number of anilines is 1. The third kappa shape index (κ3) is 5.03. The van der Waals surface area contributed by atoms with E-state index in [1.165, 1.54) is 5.38 Å². The number of nitrogens with zero attached hydrogens (tertiary/aromatic N) is 1. The second kappa shape index (κ2) is 8.45. The van der Waals surface area contributed by atoms with Gasteiger partial charge >= 0.3 is 5.69 Å². The molecule has 0 spiro atoms. The maximum atomic E-state index is 11.9. The molecule has 3 amide bonds. The third-order valence-electron chi connectivity index (χ3n) is 2.95. The first-order valence-electron chi connectivity index (χ1n) is 7.19. The zero-order valence-electron chi connectivity index (χ0n) is 13.5. The number of nitrogen functional groups attached to an aromatic ring is 1. The van der Waals surface area contributed by atoms with Crippen molar-refractivity contribution in [2.24, 2.45) is 5.73 Å². The van der Waals surface area contributed by atoms with Gasteiger partial charge in [-0.3, -0.25) is 24.2 Å². The first kappa shape index (κ1) is 19.4. The molecule has 0 unspecified atom stereocenters. The fourth-order valence-corrected chi connectivity index (χ4v) is 2.37. The lowest BCUT2D eigenvalue weighted by Crippen LogP contribution is -2.33. The highest BCUT2D eigenvalue weighted by atomic mass is 32.1. The molecule has 0 saturated carbocycles. The van der Waals surface area contributed by atoms with Gasteiger partial charge in [0.15, 0.2) is 5.01 Å². The summed E-state index contributed by atoms with van der Waals surface area (Å²) in [6.07, 6.45) is 0. The van der Waals surface area contributed by atoms with E-state index in [2.05, 4.69) is 32.4 Å². The molecule has 2 heterocycles. The van der Waals surface area contributed by atoms with E-state index in [-0.39, 0.29) is 29.5 Å². The molecule has 27 heavy (non-hydrogen) atoms. The molecule has 0 fully saturated rings. The summed E-state index contributed by atoms with van der Waals surface area (Å²) < 4.78 is 0. The number of thiazole rings is 1. The van der Waals surface area contributed by atoms with Crippen molar-refractivity contribution in [2.45, 2.75) is 0 Å². The summed E-state index contributed by atoms with van der Waals surface area (Å²) in [6, 6.07) is 0. The van der Waals surface area contributed by atoms with Crippen LogP contribution >= 0.6 is 11.3 Å². The van der Waals surface area contributed by atoms with Crippen LogP contribution < -0.4 is 33.3 Å². The van der Waals surface area contributed by atoms with E-state index in [1.54, 1.807) is 0 Å². The number of nitrogens with two attached hydrogens (primary N) is 2. The Morgan fingerprint density at radius 3 is 2.33 bits per heavy atom. The Morgan fingerprint density at radius 1 is 1.11 bits per heavy atom. The Hall–Kier alpha value is -3.92. The molecule has 0 aromatic carbocycles. The first-order chi connectivity index (χ1) is 12.8. The fourth-order valence-electron chi connectivity index (χ4n) is 1.72. The number of carbonyl (C=O) groups excluding carboxylic acids is 3.